The van der Waals surface area contributed by atoms with Crippen molar-refractivity contribution in [1.29, 1.82) is 0 Å². The van der Waals surface area contributed by atoms with Crippen LogP contribution in [0.3, 0.4) is 0 Å². The number of benzene rings is 2. The minimum Gasteiger partial charge on any atom is -0.368 e. The van der Waals surface area contributed by atoms with Crippen LogP contribution in [0.2, 0.25) is 0 Å². The zero-order valence-electron chi connectivity index (χ0n) is 22.5. The predicted molar refractivity (Wildman–Crippen MR) is 148 cm³/mol. The predicted octanol–water partition coefficient (Wildman–Crippen LogP) is 4.23. The van der Waals surface area contributed by atoms with Crippen LogP contribution in [-0.4, -0.2) is 56.0 Å². The van der Waals surface area contributed by atoms with Crippen LogP contribution >= 0.6 is 0 Å². The minimum absolute atomic E-state index is 0.126. The van der Waals surface area contributed by atoms with Gasteiger partial charge in [0.2, 0.25) is 5.91 Å². The molecule has 3 N–H and O–H groups in total. The molecule has 0 bridgehead atoms. The number of rotatable bonds is 6. The third kappa shape index (κ3) is 5.25. The average Bonchev–Trinajstić information content (AvgIpc) is 3.42. The number of aromatic amines is 1. The Morgan fingerprint density at radius 3 is 2.54 bits per heavy atom. The second-order valence-corrected chi connectivity index (χ2v) is 11.2. The summed E-state index contributed by atoms with van der Waals surface area (Å²) in [6.45, 7) is 14.5. The van der Waals surface area contributed by atoms with Crippen LogP contribution in [0.5, 0.6) is 0 Å². The summed E-state index contributed by atoms with van der Waals surface area (Å²) in [6, 6.07) is 15.4. The van der Waals surface area contributed by atoms with E-state index in [1.807, 2.05) is 17.7 Å². The van der Waals surface area contributed by atoms with E-state index in [1.165, 1.54) is 11.3 Å². The van der Waals surface area contributed by atoms with Crippen molar-refractivity contribution in [2.45, 2.75) is 59.2 Å². The number of fused-ring (bicyclic) bond motifs is 1. The molecule has 1 aliphatic rings. The molecule has 0 spiro atoms. The molecule has 2 aromatic heterocycles. The zero-order chi connectivity index (χ0) is 26.3. The summed E-state index contributed by atoms with van der Waals surface area (Å²) in [4.78, 5) is 29.4. The highest BCUT2D eigenvalue weighted by molar-refractivity contribution is 5.91. The fourth-order valence-electron chi connectivity index (χ4n) is 5.17. The molecule has 1 amide bonds. The lowest BCUT2D eigenvalue weighted by atomic mass is 9.87. The number of imidazole rings is 2. The average molecular weight is 500 g/mol. The van der Waals surface area contributed by atoms with Crippen molar-refractivity contribution < 1.29 is 4.79 Å². The third-order valence-electron chi connectivity index (χ3n) is 7.34. The van der Waals surface area contributed by atoms with E-state index in [2.05, 4.69) is 89.9 Å². The first-order valence-electron chi connectivity index (χ1n) is 13.0. The molecular weight excluding hydrogens is 462 g/mol. The highest BCUT2D eigenvalue weighted by atomic mass is 16.1. The lowest BCUT2D eigenvalue weighted by Crippen LogP contribution is -2.51. The van der Waals surface area contributed by atoms with Gasteiger partial charge >= 0.3 is 0 Å². The first kappa shape index (κ1) is 25.0. The molecular formula is C29H37N7O. The number of hydrogen-bond acceptors (Lipinski definition) is 5. The Balaban J connectivity index is 1.32. The maximum absolute atomic E-state index is 11.3. The molecule has 194 valence electrons. The Morgan fingerprint density at radius 1 is 1.11 bits per heavy atom. The van der Waals surface area contributed by atoms with E-state index >= 15 is 0 Å². The standard InChI is InChI=1S/C29H37N7O/c1-19-15-35(14-13-34(19)16-23-17-36(18-26(30)37)20(2)31-23)25-8-6-7-24-27(25)33-28(32-24)21-9-11-22(12-10-21)29(3,4)5/h6-12,17,19H,13-16,18H2,1-5H3,(H2,30,37)(H,32,33)/t19-/m0/s1. The number of nitrogens with two attached hydrogens (primary N) is 1. The molecule has 0 saturated carbocycles. The lowest BCUT2D eigenvalue weighted by molar-refractivity contribution is -0.118. The number of piperazine rings is 1. The van der Waals surface area contributed by atoms with Gasteiger partial charge in [0, 0.05) is 44.0 Å². The van der Waals surface area contributed by atoms with Crippen LogP contribution in [0.4, 0.5) is 5.69 Å². The first-order valence-corrected chi connectivity index (χ1v) is 13.0. The number of primary amides is 1. The second kappa shape index (κ2) is 9.67. The largest absolute Gasteiger partial charge is 0.368 e. The summed E-state index contributed by atoms with van der Waals surface area (Å²) in [7, 11) is 0. The molecule has 1 fully saturated rings. The van der Waals surface area contributed by atoms with Crippen LogP contribution in [-0.2, 0) is 23.3 Å². The Morgan fingerprint density at radius 2 is 1.86 bits per heavy atom. The number of aromatic nitrogens is 4. The van der Waals surface area contributed by atoms with Gasteiger partial charge in [-0.05, 0) is 37.0 Å². The van der Waals surface area contributed by atoms with Crippen LogP contribution in [0.25, 0.3) is 22.4 Å². The fourth-order valence-corrected chi connectivity index (χ4v) is 5.17. The normalized spacial score (nSPS) is 17.0. The van der Waals surface area contributed by atoms with E-state index in [9.17, 15) is 4.79 Å². The van der Waals surface area contributed by atoms with Gasteiger partial charge in [-0.2, -0.15) is 0 Å². The van der Waals surface area contributed by atoms with Gasteiger partial charge < -0.3 is 20.2 Å². The Kier molecular flexibility index (Phi) is 6.54. The molecule has 3 heterocycles. The van der Waals surface area contributed by atoms with Gasteiger partial charge in [-0.1, -0.05) is 51.1 Å². The number of H-pyrrole nitrogens is 1. The van der Waals surface area contributed by atoms with Crippen molar-refractivity contribution in [1.82, 2.24) is 24.4 Å². The van der Waals surface area contributed by atoms with Crippen LogP contribution < -0.4 is 10.6 Å². The van der Waals surface area contributed by atoms with Crippen LogP contribution in [0.15, 0.2) is 48.7 Å². The molecule has 4 aromatic rings. The quantitative estimate of drug-likeness (QED) is 0.414. The highest BCUT2D eigenvalue weighted by Crippen LogP contribution is 2.31. The van der Waals surface area contributed by atoms with Crippen molar-refractivity contribution >= 4 is 22.6 Å². The van der Waals surface area contributed by atoms with E-state index in [0.717, 1.165) is 60.1 Å². The van der Waals surface area contributed by atoms with E-state index < -0.39 is 0 Å². The van der Waals surface area contributed by atoms with Crippen molar-refractivity contribution in [3.63, 3.8) is 0 Å². The smallest absolute Gasteiger partial charge is 0.237 e. The van der Waals surface area contributed by atoms with Gasteiger partial charge in [0.25, 0.3) is 0 Å². The number of anilines is 1. The van der Waals surface area contributed by atoms with E-state index in [1.54, 1.807) is 0 Å². The molecule has 0 unspecified atom stereocenters. The monoisotopic (exact) mass is 499 g/mol. The van der Waals surface area contributed by atoms with Gasteiger partial charge in [-0.15, -0.1) is 0 Å². The molecule has 0 radical (unpaired) electrons. The number of carbonyl (C=O) groups is 1. The lowest BCUT2D eigenvalue weighted by Gasteiger charge is -2.40. The van der Waals surface area contributed by atoms with Crippen LogP contribution in [0.1, 0.15) is 44.8 Å². The number of amides is 1. The summed E-state index contributed by atoms with van der Waals surface area (Å²) in [5, 5.41) is 0. The molecule has 8 nitrogen and oxygen atoms in total. The molecule has 5 rings (SSSR count). The molecule has 37 heavy (non-hydrogen) atoms. The molecule has 8 heteroatoms. The van der Waals surface area contributed by atoms with Gasteiger partial charge in [0.1, 0.15) is 23.7 Å². The zero-order valence-corrected chi connectivity index (χ0v) is 22.5. The Hall–Kier alpha value is -3.65. The Bertz CT molecular complexity index is 1410. The summed E-state index contributed by atoms with van der Waals surface area (Å²) in [5.41, 5.74) is 12.1. The van der Waals surface area contributed by atoms with Gasteiger partial charge in [0.05, 0.1) is 16.9 Å². The number of nitrogens with one attached hydrogen (secondary N) is 1. The summed E-state index contributed by atoms with van der Waals surface area (Å²) in [5.74, 6) is 1.36. The number of nitrogens with zero attached hydrogens (tertiary/aromatic N) is 5. The number of para-hydroxylation sites is 1. The topological polar surface area (TPSA) is 96.1 Å². The number of hydrogen-bond donors (Lipinski definition) is 2. The molecule has 1 saturated heterocycles. The molecule has 2 aromatic carbocycles. The van der Waals surface area contributed by atoms with E-state index in [0.29, 0.717) is 6.04 Å². The number of carbonyl (C=O) groups excluding carboxylic acids is 1. The van der Waals surface area contributed by atoms with Crippen LogP contribution in [0, 0.1) is 6.92 Å². The maximum Gasteiger partial charge on any atom is 0.237 e. The second-order valence-electron chi connectivity index (χ2n) is 11.2. The third-order valence-corrected chi connectivity index (χ3v) is 7.34. The summed E-state index contributed by atoms with van der Waals surface area (Å²) < 4.78 is 1.82. The van der Waals surface area contributed by atoms with Gasteiger partial charge in [0.15, 0.2) is 0 Å². The van der Waals surface area contributed by atoms with Gasteiger partial charge in [-0.3, -0.25) is 9.69 Å². The van der Waals surface area contributed by atoms with Crippen molar-refractivity contribution in [2.24, 2.45) is 5.73 Å². The maximum atomic E-state index is 11.3. The van der Waals surface area contributed by atoms with Crippen molar-refractivity contribution in [3.8, 4) is 11.4 Å². The van der Waals surface area contributed by atoms with Crippen molar-refractivity contribution in [2.75, 3.05) is 24.5 Å². The molecule has 1 aliphatic heterocycles. The Labute approximate surface area is 218 Å². The highest BCUT2D eigenvalue weighted by Gasteiger charge is 2.26. The van der Waals surface area contributed by atoms with E-state index in [4.69, 9.17) is 10.7 Å². The summed E-state index contributed by atoms with van der Waals surface area (Å²) >= 11 is 0. The molecule has 0 aliphatic carbocycles. The van der Waals surface area contributed by atoms with E-state index in [-0.39, 0.29) is 17.9 Å². The van der Waals surface area contributed by atoms with Crippen molar-refractivity contribution in [3.05, 3.63) is 65.7 Å². The summed E-state index contributed by atoms with van der Waals surface area (Å²) in [6.07, 6.45) is 1.94. The van der Waals surface area contributed by atoms with Gasteiger partial charge in [-0.25, -0.2) is 9.97 Å². The minimum atomic E-state index is -0.355. The first-order chi connectivity index (χ1) is 17.6. The SMILES string of the molecule is Cc1nc(CN2CCN(c3cccc4[nH]c(-c5ccc(C(C)(C)C)cc5)nc34)C[C@@H]2C)cn1CC(N)=O. The number of aryl methyl sites for hydroxylation is 1. The molecule has 1 atom stereocenters. The fraction of sp³-hybridized carbons (Fsp3) is 0.414.